The largest absolute Gasteiger partial charge is 0.480 e. The maximum absolute atomic E-state index is 12.3. The van der Waals surface area contributed by atoms with Gasteiger partial charge in [-0.05, 0) is 157 Å². The van der Waals surface area contributed by atoms with E-state index in [1.165, 1.54) is 41.5 Å². The molecule has 9 N–H and O–H groups in total. The summed E-state index contributed by atoms with van der Waals surface area (Å²) in [5, 5.41) is 59.0. The molecule has 2 saturated heterocycles. The Labute approximate surface area is 340 Å². The monoisotopic (exact) mass is 791 g/mol. The first-order valence-corrected chi connectivity index (χ1v) is 21.7. The smallest absolute Gasteiger partial charge is 0.451 e. The Morgan fingerprint density at radius 2 is 1.11 bits per heavy atom. The molecule has 2 fully saturated rings. The second-order valence-corrected chi connectivity index (χ2v) is 17.2. The number of carboxylic acid groups (broad SMARTS) is 2. The number of aliphatic carboxylic acids is 2. The van der Waals surface area contributed by atoms with Gasteiger partial charge in [0.15, 0.2) is 0 Å². The van der Waals surface area contributed by atoms with Crippen molar-refractivity contribution in [3.63, 3.8) is 0 Å². The molecule has 314 valence electrons. The topological polar surface area (TPSA) is 200 Å². The molecule has 2 aliphatic heterocycles. The predicted molar refractivity (Wildman–Crippen MR) is 225 cm³/mol. The summed E-state index contributed by atoms with van der Waals surface area (Å²) < 4.78 is 0. The molecule has 2 heterocycles. The lowest BCUT2D eigenvalue weighted by Gasteiger charge is -2.45. The number of nitrogens with one attached hydrogen (secondary N) is 1. The summed E-state index contributed by atoms with van der Waals surface area (Å²) in [7, 11) is -0.900. The molecule has 0 bridgehead atoms. The quantitative estimate of drug-likeness (QED) is 0.0816. The molecule has 6 rings (SSSR count). The highest BCUT2D eigenvalue weighted by Crippen LogP contribution is 2.41. The number of likely N-dealkylation sites (N-methyl/N-ethyl adjacent to an activating group) is 1. The highest BCUT2D eigenvalue weighted by Gasteiger charge is 2.46. The van der Waals surface area contributed by atoms with Crippen LogP contribution in [0.1, 0.15) is 124 Å². The lowest BCUT2D eigenvalue weighted by molar-refractivity contribution is -0.149. The molecule has 57 heavy (non-hydrogen) atoms. The fraction of sp³-hybridized carbons (Fsp3) is 0.674. The van der Waals surface area contributed by atoms with Gasteiger partial charge in [-0.25, -0.2) is 0 Å². The zero-order valence-corrected chi connectivity index (χ0v) is 34.1. The van der Waals surface area contributed by atoms with E-state index in [1.54, 1.807) is 7.05 Å². The maximum Gasteiger partial charge on any atom is 0.451 e. The van der Waals surface area contributed by atoms with Gasteiger partial charge in [0.05, 0.1) is 0 Å². The first-order chi connectivity index (χ1) is 27.4. The van der Waals surface area contributed by atoms with Crippen LogP contribution in [0.5, 0.6) is 0 Å². The number of rotatable bonds is 17. The van der Waals surface area contributed by atoms with Crippen LogP contribution in [0.4, 0.5) is 0 Å². The third-order valence-electron chi connectivity index (χ3n) is 13.9. The molecule has 2 aromatic carbocycles. The number of carboxylic acids is 2. The number of nitrogens with two attached hydrogens (primary N) is 1. The standard InChI is InChI=1S/C22H35BN2O4.C21H33BN2O4/c1-24-22(21(26)27,13-4-5-14-23(28)29)18-11-15-25(16-12-18)20-10-6-8-17-7-2-3-9-19(17)20;23-21(20(25)26,12-3-4-13-22(27)28)17-10-14-24(15-11-17)19-9-5-7-16-6-1-2-8-18(16)19/h2-3,7,9,18,20,24,28-29H,4-6,8,10-16H2,1H3,(H,26,27);1-2,6,8,17,19,27-28H,3-5,7,9-15,23H2,(H,25,26). The molecule has 0 spiro atoms. The van der Waals surface area contributed by atoms with Crippen LogP contribution in [0.15, 0.2) is 48.5 Å². The number of fused-ring (bicyclic) bond motifs is 2. The van der Waals surface area contributed by atoms with Gasteiger partial charge in [-0.3, -0.25) is 19.4 Å². The van der Waals surface area contributed by atoms with E-state index in [1.807, 2.05) is 0 Å². The Hall–Kier alpha value is -2.81. The molecule has 4 aliphatic rings. The Balaban J connectivity index is 0.000000218. The normalized spacial score (nSPS) is 22.8. The highest BCUT2D eigenvalue weighted by molar-refractivity contribution is 6.41. The van der Waals surface area contributed by atoms with Crippen molar-refractivity contribution in [2.45, 2.75) is 139 Å². The molecule has 12 nitrogen and oxygen atoms in total. The Morgan fingerprint density at radius 3 is 1.53 bits per heavy atom. The molecule has 2 aromatic rings. The van der Waals surface area contributed by atoms with E-state index in [4.69, 9.17) is 25.8 Å². The van der Waals surface area contributed by atoms with E-state index in [0.29, 0.717) is 56.9 Å². The first kappa shape index (κ1) is 45.3. The SMILES string of the molecule is CNC(CCCCB(O)O)(C(=O)O)C1CCN(C2CCCc3ccccc32)CC1.NC(CCCCB(O)O)(C(=O)O)C1CCN(C2CCCc3ccccc32)CC1. The minimum absolute atomic E-state index is 0.0425. The summed E-state index contributed by atoms with van der Waals surface area (Å²) in [5.41, 5.74) is 10.0. The highest BCUT2D eigenvalue weighted by atomic mass is 16.4. The fourth-order valence-corrected chi connectivity index (χ4v) is 10.5. The molecular formula is C43H68B2N4O8. The van der Waals surface area contributed by atoms with Gasteiger partial charge in [-0.1, -0.05) is 74.2 Å². The summed E-state index contributed by atoms with van der Waals surface area (Å²) in [4.78, 5) is 29.3. The van der Waals surface area contributed by atoms with Crippen LogP contribution in [-0.4, -0.2) is 111 Å². The lowest BCUT2D eigenvalue weighted by Crippen LogP contribution is -2.58. The van der Waals surface area contributed by atoms with Gasteiger partial charge in [0.2, 0.25) is 0 Å². The van der Waals surface area contributed by atoms with Gasteiger partial charge in [-0.2, -0.15) is 0 Å². The van der Waals surface area contributed by atoms with E-state index in [0.717, 1.165) is 71.1 Å². The number of piperidine rings is 2. The van der Waals surface area contributed by atoms with Crippen molar-refractivity contribution >= 4 is 26.2 Å². The van der Waals surface area contributed by atoms with Crippen LogP contribution in [0.3, 0.4) is 0 Å². The van der Waals surface area contributed by atoms with Crippen LogP contribution in [0.25, 0.3) is 0 Å². The first-order valence-electron chi connectivity index (χ1n) is 21.7. The molecule has 14 heteroatoms. The molecule has 2 aliphatic carbocycles. The van der Waals surface area contributed by atoms with E-state index >= 15 is 0 Å². The minimum atomic E-state index is -1.33. The van der Waals surface area contributed by atoms with Gasteiger partial charge in [0, 0.05) is 12.1 Å². The molecule has 0 radical (unpaired) electrons. The number of likely N-dealkylation sites (tertiary alicyclic amines) is 2. The zero-order valence-electron chi connectivity index (χ0n) is 34.1. The third kappa shape index (κ3) is 11.5. The molecule has 0 saturated carbocycles. The average Bonchev–Trinajstić information content (AvgIpc) is 3.22. The van der Waals surface area contributed by atoms with Crippen molar-refractivity contribution in [2.24, 2.45) is 17.6 Å². The second-order valence-electron chi connectivity index (χ2n) is 17.2. The zero-order chi connectivity index (χ0) is 41.0. The van der Waals surface area contributed by atoms with Crippen molar-refractivity contribution in [3.05, 3.63) is 70.8 Å². The number of nitrogens with zero attached hydrogens (tertiary/aromatic N) is 2. The van der Waals surface area contributed by atoms with Gasteiger partial charge < -0.3 is 41.4 Å². The Kier molecular flexibility index (Phi) is 17.0. The van der Waals surface area contributed by atoms with Gasteiger partial charge in [0.1, 0.15) is 11.1 Å². The van der Waals surface area contributed by atoms with E-state index < -0.39 is 37.3 Å². The molecule has 0 aromatic heterocycles. The number of aryl methyl sites for hydroxylation is 2. The van der Waals surface area contributed by atoms with Gasteiger partial charge in [-0.15, -0.1) is 0 Å². The third-order valence-corrected chi connectivity index (χ3v) is 13.9. The number of unbranched alkanes of at least 4 members (excludes halogenated alkanes) is 2. The lowest BCUT2D eigenvalue weighted by atomic mass is 9.73. The molecule has 0 amide bonds. The van der Waals surface area contributed by atoms with Crippen LogP contribution in [0.2, 0.25) is 12.6 Å². The average molecular weight is 791 g/mol. The van der Waals surface area contributed by atoms with Crippen molar-refractivity contribution in [2.75, 3.05) is 33.2 Å². The fourth-order valence-electron chi connectivity index (χ4n) is 10.5. The summed E-state index contributed by atoms with van der Waals surface area (Å²) in [5.74, 6) is -1.68. The van der Waals surface area contributed by atoms with Crippen LogP contribution < -0.4 is 11.1 Å². The van der Waals surface area contributed by atoms with Crippen molar-refractivity contribution in [1.82, 2.24) is 15.1 Å². The number of benzene rings is 2. The van der Waals surface area contributed by atoms with Crippen LogP contribution in [-0.2, 0) is 22.4 Å². The van der Waals surface area contributed by atoms with E-state index in [2.05, 4.69) is 63.6 Å². The number of carbonyl (C=O) groups is 2. The number of hydrogen-bond acceptors (Lipinski definition) is 10. The Bertz CT molecular complexity index is 1570. The molecule has 4 unspecified atom stereocenters. The van der Waals surface area contributed by atoms with Crippen molar-refractivity contribution in [3.8, 4) is 0 Å². The predicted octanol–water partition coefficient (Wildman–Crippen LogP) is 4.66. The van der Waals surface area contributed by atoms with Crippen molar-refractivity contribution in [1.29, 1.82) is 0 Å². The van der Waals surface area contributed by atoms with Gasteiger partial charge in [0.25, 0.3) is 0 Å². The van der Waals surface area contributed by atoms with E-state index in [-0.39, 0.29) is 18.2 Å². The van der Waals surface area contributed by atoms with Crippen LogP contribution >= 0.6 is 0 Å². The van der Waals surface area contributed by atoms with E-state index in [9.17, 15) is 19.8 Å². The van der Waals surface area contributed by atoms with Gasteiger partial charge >= 0.3 is 26.2 Å². The van der Waals surface area contributed by atoms with Crippen LogP contribution in [0, 0.1) is 11.8 Å². The molecule has 4 atom stereocenters. The summed E-state index contributed by atoms with van der Waals surface area (Å²) in [6.45, 7) is 3.61. The summed E-state index contributed by atoms with van der Waals surface area (Å²) in [6, 6.07) is 18.3. The second kappa shape index (κ2) is 21.4. The molecular weight excluding hydrogens is 722 g/mol. The summed E-state index contributed by atoms with van der Waals surface area (Å²) >= 11 is 0. The van der Waals surface area contributed by atoms with Crippen molar-refractivity contribution < 1.29 is 39.9 Å². The minimum Gasteiger partial charge on any atom is -0.480 e. The Morgan fingerprint density at radius 1 is 0.667 bits per heavy atom. The summed E-state index contributed by atoms with van der Waals surface area (Å²) in [6.07, 6.45) is 14.3. The maximum atomic E-state index is 12.3. The number of hydrogen-bond donors (Lipinski definition) is 8.